The highest BCUT2D eigenvalue weighted by Crippen LogP contribution is 2.31. The largest absolute Gasteiger partial charge is 0.402 e. The van der Waals surface area contributed by atoms with Crippen LogP contribution >= 0.6 is 39.0 Å². The second kappa shape index (κ2) is 7.96. The summed E-state index contributed by atoms with van der Waals surface area (Å²) in [5, 5.41) is 10.4. The van der Waals surface area contributed by atoms with Crippen molar-refractivity contribution in [2.24, 2.45) is 0 Å². The van der Waals surface area contributed by atoms with Gasteiger partial charge in [0.15, 0.2) is 0 Å². The summed E-state index contributed by atoms with van der Waals surface area (Å²) in [4.78, 5) is 14.0. The molecule has 0 atom stereocenters. The van der Waals surface area contributed by atoms with E-state index in [1.165, 1.54) is 16.9 Å². The topological polar surface area (TPSA) is 68.0 Å². The minimum Gasteiger partial charge on any atom is -0.402 e. The van der Waals surface area contributed by atoms with Gasteiger partial charge in [0.25, 0.3) is 5.89 Å². The fourth-order valence-corrected chi connectivity index (χ4v) is 4.04. The van der Waals surface area contributed by atoms with Crippen LogP contribution in [-0.2, 0) is 4.79 Å². The van der Waals surface area contributed by atoms with Gasteiger partial charge >= 0.3 is 6.01 Å². The fourth-order valence-electron chi connectivity index (χ4n) is 1.88. The van der Waals surface area contributed by atoms with Crippen LogP contribution in [-0.4, -0.2) is 21.9 Å². The number of hydrogen-bond acceptors (Lipinski definition) is 6. The van der Waals surface area contributed by atoms with E-state index >= 15 is 0 Å². The highest BCUT2D eigenvalue weighted by atomic mass is 79.9. The van der Waals surface area contributed by atoms with E-state index in [0.29, 0.717) is 18.1 Å². The number of aromatic nitrogens is 2. The quantitative estimate of drug-likeness (QED) is 0.565. The molecule has 2 aromatic heterocycles. The molecule has 8 heteroatoms. The van der Waals surface area contributed by atoms with Crippen molar-refractivity contribution in [2.45, 2.75) is 18.2 Å². The number of halogens is 1. The monoisotopic (exact) mass is 423 g/mol. The van der Waals surface area contributed by atoms with E-state index < -0.39 is 0 Å². The van der Waals surface area contributed by atoms with E-state index in [9.17, 15) is 4.79 Å². The molecule has 0 saturated heterocycles. The van der Waals surface area contributed by atoms with Gasteiger partial charge in [0.2, 0.25) is 5.91 Å². The molecule has 0 bridgehead atoms. The molecule has 3 aromatic rings. The molecule has 5 nitrogen and oxygen atoms in total. The van der Waals surface area contributed by atoms with Crippen LogP contribution in [0.5, 0.6) is 0 Å². The molecule has 1 amide bonds. The zero-order valence-corrected chi connectivity index (χ0v) is 16.0. The molecule has 0 aliphatic carbocycles. The van der Waals surface area contributed by atoms with Gasteiger partial charge in [-0.25, -0.2) is 0 Å². The maximum absolute atomic E-state index is 11.9. The molecule has 124 valence electrons. The Morgan fingerprint density at radius 1 is 1.25 bits per heavy atom. The van der Waals surface area contributed by atoms with Crippen LogP contribution in [0.2, 0.25) is 0 Å². The van der Waals surface area contributed by atoms with Crippen LogP contribution in [0.25, 0.3) is 10.8 Å². The number of carbonyl (C=O) groups excluding carboxylic acids is 1. The molecule has 0 spiro atoms. The van der Waals surface area contributed by atoms with Crippen LogP contribution in [0, 0.1) is 6.92 Å². The summed E-state index contributed by atoms with van der Waals surface area (Å²) in [6, 6.07) is 12.1. The van der Waals surface area contributed by atoms with E-state index in [1.807, 2.05) is 12.1 Å². The predicted molar refractivity (Wildman–Crippen MR) is 100 cm³/mol. The average molecular weight is 424 g/mol. The van der Waals surface area contributed by atoms with Crippen molar-refractivity contribution >= 4 is 51.0 Å². The van der Waals surface area contributed by atoms with Crippen molar-refractivity contribution in [3.63, 3.8) is 0 Å². The highest BCUT2D eigenvalue weighted by Gasteiger charge is 2.12. The molecule has 0 fully saturated rings. The Labute approximate surface area is 156 Å². The number of thiophene rings is 1. The molecule has 1 N–H and O–H groups in total. The van der Waals surface area contributed by atoms with Gasteiger partial charge in [-0.3, -0.25) is 10.1 Å². The summed E-state index contributed by atoms with van der Waals surface area (Å²) >= 11 is 6.52. The first-order valence-electron chi connectivity index (χ1n) is 7.19. The molecule has 1 aromatic carbocycles. The van der Waals surface area contributed by atoms with Crippen molar-refractivity contribution in [1.29, 1.82) is 0 Å². The zero-order valence-electron chi connectivity index (χ0n) is 12.8. The predicted octanol–water partition coefficient (Wildman–Crippen LogP) is 4.99. The third-order valence-electron chi connectivity index (χ3n) is 3.07. The first-order valence-corrected chi connectivity index (χ1v) is 9.78. The lowest BCUT2D eigenvalue weighted by atomic mass is 10.2. The van der Waals surface area contributed by atoms with Crippen LogP contribution in [0.1, 0.15) is 12.0 Å². The van der Waals surface area contributed by atoms with Crippen molar-refractivity contribution in [2.75, 3.05) is 11.1 Å². The third kappa shape index (κ3) is 4.68. The molecule has 24 heavy (non-hydrogen) atoms. The SMILES string of the molecule is Cc1ccc(SCCC(=O)Nc2nnc(-c3ccc(Br)s3)o2)cc1. The van der Waals surface area contributed by atoms with Crippen LogP contribution in [0.4, 0.5) is 6.01 Å². The minimum atomic E-state index is -0.142. The summed E-state index contributed by atoms with van der Waals surface area (Å²) in [5.41, 5.74) is 1.22. The molecule has 0 saturated carbocycles. The van der Waals surface area contributed by atoms with E-state index in [-0.39, 0.29) is 11.9 Å². The van der Waals surface area contributed by atoms with Crippen molar-refractivity contribution < 1.29 is 9.21 Å². The number of thioether (sulfide) groups is 1. The Morgan fingerprint density at radius 2 is 2.04 bits per heavy atom. The Morgan fingerprint density at radius 3 is 2.75 bits per heavy atom. The normalized spacial score (nSPS) is 10.8. The van der Waals surface area contributed by atoms with Gasteiger partial charge in [-0.15, -0.1) is 28.2 Å². The van der Waals surface area contributed by atoms with Gasteiger partial charge in [0, 0.05) is 17.1 Å². The van der Waals surface area contributed by atoms with Gasteiger partial charge in [-0.05, 0) is 47.1 Å². The van der Waals surface area contributed by atoms with Gasteiger partial charge in [0.05, 0.1) is 8.66 Å². The van der Waals surface area contributed by atoms with Gasteiger partial charge in [0.1, 0.15) is 0 Å². The minimum absolute atomic E-state index is 0.125. The molecule has 0 aliphatic rings. The van der Waals surface area contributed by atoms with Gasteiger partial charge in [-0.1, -0.05) is 22.8 Å². The zero-order chi connectivity index (χ0) is 16.9. The van der Waals surface area contributed by atoms with Crippen molar-refractivity contribution in [3.8, 4) is 10.8 Å². The van der Waals surface area contributed by atoms with Gasteiger partial charge < -0.3 is 4.42 Å². The Hall–Kier alpha value is -1.64. The number of nitrogens with one attached hydrogen (secondary N) is 1. The number of amides is 1. The fraction of sp³-hybridized carbons (Fsp3) is 0.188. The first kappa shape index (κ1) is 17.2. The Balaban J connectivity index is 1.48. The molecule has 0 aliphatic heterocycles. The number of rotatable bonds is 6. The number of anilines is 1. The summed E-state index contributed by atoms with van der Waals surface area (Å²) < 4.78 is 6.44. The summed E-state index contributed by atoms with van der Waals surface area (Å²) in [5.74, 6) is 0.945. The summed E-state index contributed by atoms with van der Waals surface area (Å²) in [7, 11) is 0. The molecular weight excluding hydrogens is 410 g/mol. The summed E-state index contributed by atoms with van der Waals surface area (Å²) in [6.07, 6.45) is 0.376. The van der Waals surface area contributed by atoms with E-state index in [2.05, 4.69) is 62.6 Å². The van der Waals surface area contributed by atoms with E-state index in [0.717, 1.165) is 13.6 Å². The molecular formula is C16H14BrN3O2S2. The number of aryl methyl sites for hydroxylation is 1. The lowest BCUT2D eigenvalue weighted by Crippen LogP contribution is -2.12. The van der Waals surface area contributed by atoms with Crippen LogP contribution in [0.15, 0.2) is 49.5 Å². The Kier molecular flexibility index (Phi) is 5.70. The number of benzene rings is 1. The Bertz CT molecular complexity index is 830. The molecule has 2 heterocycles. The molecule has 0 radical (unpaired) electrons. The second-order valence-corrected chi connectivity index (χ2v) is 8.61. The summed E-state index contributed by atoms with van der Waals surface area (Å²) in [6.45, 7) is 2.05. The average Bonchev–Trinajstić information content (AvgIpc) is 3.18. The van der Waals surface area contributed by atoms with Crippen LogP contribution in [0.3, 0.4) is 0 Å². The number of hydrogen-bond donors (Lipinski definition) is 1. The van der Waals surface area contributed by atoms with E-state index in [4.69, 9.17) is 4.42 Å². The second-order valence-electron chi connectivity index (χ2n) is 4.98. The first-order chi connectivity index (χ1) is 11.6. The third-order valence-corrected chi connectivity index (χ3v) is 5.70. The maximum atomic E-state index is 11.9. The number of carbonyl (C=O) groups is 1. The van der Waals surface area contributed by atoms with Crippen molar-refractivity contribution in [3.05, 3.63) is 45.7 Å². The van der Waals surface area contributed by atoms with Crippen LogP contribution < -0.4 is 5.32 Å². The van der Waals surface area contributed by atoms with Crippen molar-refractivity contribution in [1.82, 2.24) is 10.2 Å². The highest BCUT2D eigenvalue weighted by molar-refractivity contribution is 9.11. The maximum Gasteiger partial charge on any atom is 0.322 e. The van der Waals surface area contributed by atoms with Gasteiger partial charge in [-0.2, -0.15) is 0 Å². The standard InChI is InChI=1S/C16H14BrN3O2S2/c1-10-2-4-11(5-3-10)23-9-8-14(21)18-16-20-19-15(22-16)12-6-7-13(17)24-12/h2-7H,8-9H2,1H3,(H,18,20,21). The lowest BCUT2D eigenvalue weighted by molar-refractivity contribution is -0.115. The lowest BCUT2D eigenvalue weighted by Gasteiger charge is -2.02. The smallest absolute Gasteiger partial charge is 0.322 e. The molecule has 0 unspecified atom stereocenters. The number of nitrogens with zero attached hydrogens (tertiary/aromatic N) is 2. The molecule has 3 rings (SSSR count). The van der Waals surface area contributed by atoms with E-state index in [1.54, 1.807) is 11.8 Å².